The summed E-state index contributed by atoms with van der Waals surface area (Å²) in [6.45, 7) is 1.47. The van der Waals surface area contributed by atoms with E-state index in [4.69, 9.17) is 16.0 Å². The van der Waals surface area contributed by atoms with Gasteiger partial charge in [-0.25, -0.2) is 13.1 Å². The van der Waals surface area contributed by atoms with E-state index in [2.05, 4.69) is 4.72 Å². The fourth-order valence-corrected chi connectivity index (χ4v) is 4.94. The number of para-hydroxylation sites is 1. The number of hydrogen-bond acceptors (Lipinski definition) is 4. The number of halogens is 1. The van der Waals surface area contributed by atoms with Gasteiger partial charge in [0.05, 0.1) is 4.90 Å². The van der Waals surface area contributed by atoms with Gasteiger partial charge in [0.1, 0.15) is 5.58 Å². The molecule has 1 aliphatic heterocycles. The maximum absolute atomic E-state index is 12.7. The Balaban J connectivity index is 1.33. The molecule has 0 atom stereocenters. The number of amides is 1. The summed E-state index contributed by atoms with van der Waals surface area (Å²) < 4.78 is 33.2. The zero-order valence-electron chi connectivity index (χ0n) is 15.7. The quantitative estimate of drug-likeness (QED) is 0.662. The Morgan fingerprint density at radius 3 is 2.59 bits per heavy atom. The summed E-state index contributed by atoms with van der Waals surface area (Å²) in [7, 11) is -3.60. The van der Waals surface area contributed by atoms with Gasteiger partial charge < -0.3 is 9.32 Å². The SMILES string of the molecule is O=C(c1cc2ccccc2o1)N1CCC(CNS(=O)(=O)c2cccc(Cl)c2)CC1. The maximum Gasteiger partial charge on any atom is 0.289 e. The molecule has 29 heavy (non-hydrogen) atoms. The van der Waals surface area contributed by atoms with Gasteiger partial charge in [-0.05, 0) is 49.1 Å². The fourth-order valence-electron chi connectivity index (χ4n) is 3.53. The third-order valence-corrected chi connectivity index (χ3v) is 6.86. The van der Waals surface area contributed by atoms with Gasteiger partial charge >= 0.3 is 0 Å². The van der Waals surface area contributed by atoms with E-state index in [0.29, 0.717) is 36.0 Å². The number of sulfonamides is 1. The number of hydrogen-bond donors (Lipinski definition) is 1. The minimum Gasteiger partial charge on any atom is -0.451 e. The van der Waals surface area contributed by atoms with Crippen LogP contribution in [-0.4, -0.2) is 38.9 Å². The van der Waals surface area contributed by atoms with Crippen LogP contribution in [0.1, 0.15) is 23.4 Å². The third-order valence-electron chi connectivity index (χ3n) is 5.21. The number of fused-ring (bicyclic) bond motifs is 1. The van der Waals surface area contributed by atoms with Crippen molar-refractivity contribution in [2.45, 2.75) is 17.7 Å². The van der Waals surface area contributed by atoms with Crippen molar-refractivity contribution in [3.63, 3.8) is 0 Å². The van der Waals surface area contributed by atoms with Crippen LogP contribution in [0.4, 0.5) is 0 Å². The van der Waals surface area contributed by atoms with Gasteiger partial charge in [-0.3, -0.25) is 4.79 Å². The van der Waals surface area contributed by atoms with Gasteiger partial charge in [0.25, 0.3) is 5.91 Å². The topological polar surface area (TPSA) is 79.6 Å². The Hall–Kier alpha value is -2.35. The molecule has 1 amide bonds. The number of likely N-dealkylation sites (tertiary alicyclic amines) is 1. The largest absolute Gasteiger partial charge is 0.451 e. The third kappa shape index (κ3) is 4.47. The molecule has 1 N–H and O–H groups in total. The molecule has 152 valence electrons. The molecule has 0 saturated carbocycles. The normalized spacial score (nSPS) is 15.7. The number of furan rings is 1. The fraction of sp³-hybridized carbons (Fsp3) is 0.286. The van der Waals surface area contributed by atoms with Crippen molar-refractivity contribution in [2.75, 3.05) is 19.6 Å². The molecule has 0 bridgehead atoms. The lowest BCUT2D eigenvalue weighted by Crippen LogP contribution is -2.41. The highest BCUT2D eigenvalue weighted by Crippen LogP contribution is 2.23. The Labute approximate surface area is 174 Å². The van der Waals surface area contributed by atoms with Gasteiger partial charge in [0, 0.05) is 30.0 Å². The molecule has 3 aromatic rings. The molecular formula is C21H21ClN2O4S. The standard InChI is InChI=1S/C21H21ClN2O4S/c22-17-5-3-6-18(13-17)29(26,27)23-14-15-8-10-24(11-9-15)21(25)20-12-16-4-1-2-7-19(16)28-20/h1-7,12-13,15,23H,8-11,14H2. The van der Waals surface area contributed by atoms with Crippen LogP contribution in [0.3, 0.4) is 0 Å². The number of rotatable bonds is 5. The summed E-state index contributed by atoms with van der Waals surface area (Å²) in [5.74, 6) is 0.383. The molecule has 1 fully saturated rings. The van der Waals surface area contributed by atoms with Crippen LogP contribution in [0.5, 0.6) is 0 Å². The summed E-state index contributed by atoms with van der Waals surface area (Å²) in [6, 6.07) is 15.5. The molecule has 0 unspecified atom stereocenters. The van der Waals surface area contributed by atoms with Crippen molar-refractivity contribution < 1.29 is 17.6 Å². The van der Waals surface area contributed by atoms with Crippen molar-refractivity contribution >= 4 is 38.5 Å². The highest BCUT2D eigenvalue weighted by molar-refractivity contribution is 7.89. The smallest absolute Gasteiger partial charge is 0.289 e. The second-order valence-corrected chi connectivity index (χ2v) is 9.40. The van der Waals surface area contributed by atoms with E-state index in [1.165, 1.54) is 12.1 Å². The molecule has 1 aliphatic rings. The van der Waals surface area contributed by atoms with Gasteiger partial charge in [0.15, 0.2) is 5.76 Å². The highest BCUT2D eigenvalue weighted by Gasteiger charge is 2.26. The van der Waals surface area contributed by atoms with E-state index in [9.17, 15) is 13.2 Å². The van der Waals surface area contributed by atoms with Crippen molar-refractivity contribution in [3.05, 3.63) is 65.4 Å². The van der Waals surface area contributed by atoms with Crippen LogP contribution in [-0.2, 0) is 10.0 Å². The van der Waals surface area contributed by atoms with Crippen LogP contribution in [0, 0.1) is 5.92 Å². The Bertz CT molecular complexity index is 1100. The summed E-state index contributed by atoms with van der Waals surface area (Å²) >= 11 is 5.88. The Morgan fingerprint density at radius 1 is 1.10 bits per heavy atom. The molecule has 1 saturated heterocycles. The molecule has 2 aromatic carbocycles. The first-order chi connectivity index (χ1) is 13.9. The van der Waals surface area contributed by atoms with Crippen molar-refractivity contribution in [1.82, 2.24) is 9.62 Å². The lowest BCUT2D eigenvalue weighted by molar-refractivity contribution is 0.0662. The Morgan fingerprint density at radius 2 is 1.86 bits per heavy atom. The molecule has 0 radical (unpaired) electrons. The minimum atomic E-state index is -3.60. The molecular weight excluding hydrogens is 412 g/mol. The summed E-state index contributed by atoms with van der Waals surface area (Å²) in [5.41, 5.74) is 0.696. The second-order valence-electron chi connectivity index (χ2n) is 7.19. The van der Waals surface area contributed by atoms with Crippen LogP contribution in [0.2, 0.25) is 5.02 Å². The number of nitrogens with zero attached hydrogens (tertiary/aromatic N) is 1. The van der Waals surface area contributed by atoms with Crippen molar-refractivity contribution in [2.24, 2.45) is 5.92 Å². The average Bonchev–Trinajstić information content (AvgIpc) is 3.16. The first-order valence-corrected chi connectivity index (χ1v) is 11.3. The summed E-state index contributed by atoms with van der Waals surface area (Å²) in [4.78, 5) is 14.6. The predicted molar refractivity (Wildman–Crippen MR) is 111 cm³/mol. The van der Waals surface area contributed by atoms with Gasteiger partial charge in [-0.2, -0.15) is 0 Å². The van der Waals surface area contributed by atoms with Gasteiger partial charge in [-0.15, -0.1) is 0 Å². The average molecular weight is 433 g/mol. The van der Waals surface area contributed by atoms with Gasteiger partial charge in [-0.1, -0.05) is 35.9 Å². The summed E-state index contributed by atoms with van der Waals surface area (Å²) in [6.07, 6.45) is 1.45. The highest BCUT2D eigenvalue weighted by atomic mass is 35.5. The molecule has 0 spiro atoms. The minimum absolute atomic E-state index is 0.126. The van der Waals surface area contributed by atoms with E-state index < -0.39 is 10.0 Å². The van der Waals surface area contributed by atoms with Crippen LogP contribution in [0.25, 0.3) is 11.0 Å². The second kappa shape index (κ2) is 8.18. The van der Waals surface area contributed by atoms with E-state index >= 15 is 0 Å². The van der Waals surface area contributed by atoms with E-state index in [1.54, 1.807) is 23.1 Å². The van der Waals surface area contributed by atoms with Crippen molar-refractivity contribution in [3.8, 4) is 0 Å². The molecule has 8 heteroatoms. The zero-order valence-corrected chi connectivity index (χ0v) is 17.2. The van der Waals surface area contributed by atoms with E-state index in [0.717, 1.165) is 18.2 Å². The number of piperidine rings is 1. The maximum atomic E-state index is 12.7. The van der Waals surface area contributed by atoms with Crippen molar-refractivity contribution in [1.29, 1.82) is 0 Å². The number of carbonyl (C=O) groups is 1. The Kier molecular flexibility index (Phi) is 5.63. The zero-order chi connectivity index (χ0) is 20.4. The number of carbonyl (C=O) groups excluding carboxylic acids is 1. The first kappa shape index (κ1) is 19.9. The summed E-state index contributed by atoms with van der Waals surface area (Å²) in [5, 5.41) is 1.28. The number of nitrogens with one attached hydrogen (secondary N) is 1. The monoisotopic (exact) mass is 432 g/mol. The van der Waals surface area contributed by atoms with Gasteiger partial charge in [0.2, 0.25) is 10.0 Å². The predicted octanol–water partition coefficient (Wildman–Crippen LogP) is 3.92. The van der Waals surface area contributed by atoms with E-state index in [1.807, 2.05) is 24.3 Å². The molecule has 0 aliphatic carbocycles. The number of benzene rings is 2. The lowest BCUT2D eigenvalue weighted by Gasteiger charge is -2.31. The molecule has 1 aromatic heterocycles. The van der Waals surface area contributed by atoms with E-state index in [-0.39, 0.29) is 16.7 Å². The molecule has 4 rings (SSSR count). The van der Waals surface area contributed by atoms with Crippen LogP contribution >= 0.6 is 11.6 Å². The molecule has 6 nitrogen and oxygen atoms in total. The lowest BCUT2D eigenvalue weighted by atomic mass is 9.97. The molecule has 2 heterocycles. The first-order valence-electron chi connectivity index (χ1n) is 9.45. The van der Waals surface area contributed by atoms with Crippen LogP contribution < -0.4 is 4.72 Å². The van der Waals surface area contributed by atoms with Crippen LogP contribution in [0.15, 0.2) is 63.9 Å².